The third-order valence-electron chi connectivity index (χ3n) is 5.05. The number of carbonyl (C=O) groups excluding carboxylic acids is 2. The molecule has 1 atom stereocenters. The Morgan fingerprint density at radius 1 is 1.09 bits per heavy atom. The SMILES string of the molecule is CC(=O)N1CCN([C@@H](C)C(=O)Nc2ccc3c(c2)CCC3)CC1. The van der Waals surface area contributed by atoms with Crippen LogP contribution >= 0.6 is 0 Å². The minimum Gasteiger partial charge on any atom is -0.340 e. The van der Waals surface area contributed by atoms with E-state index in [0.717, 1.165) is 31.6 Å². The number of carbonyl (C=O) groups is 2. The highest BCUT2D eigenvalue weighted by Crippen LogP contribution is 2.25. The summed E-state index contributed by atoms with van der Waals surface area (Å²) in [6, 6.07) is 6.06. The molecule has 1 aromatic carbocycles. The van der Waals surface area contributed by atoms with E-state index in [0.29, 0.717) is 13.1 Å². The van der Waals surface area contributed by atoms with Gasteiger partial charge in [0.05, 0.1) is 6.04 Å². The zero-order chi connectivity index (χ0) is 16.4. The van der Waals surface area contributed by atoms with Gasteiger partial charge in [-0.05, 0) is 49.4 Å². The Morgan fingerprint density at radius 3 is 2.48 bits per heavy atom. The van der Waals surface area contributed by atoms with Gasteiger partial charge in [0.25, 0.3) is 0 Å². The van der Waals surface area contributed by atoms with Gasteiger partial charge in [-0.1, -0.05) is 6.07 Å². The molecule has 1 N–H and O–H groups in total. The largest absolute Gasteiger partial charge is 0.340 e. The summed E-state index contributed by atoms with van der Waals surface area (Å²) in [7, 11) is 0. The molecule has 23 heavy (non-hydrogen) atoms. The molecule has 1 fully saturated rings. The number of nitrogens with zero attached hydrogens (tertiary/aromatic N) is 2. The van der Waals surface area contributed by atoms with Crippen molar-refractivity contribution in [3.63, 3.8) is 0 Å². The van der Waals surface area contributed by atoms with Gasteiger partial charge in [-0.2, -0.15) is 0 Å². The van der Waals surface area contributed by atoms with E-state index in [1.807, 2.05) is 17.9 Å². The Hall–Kier alpha value is -1.88. The normalized spacial score (nSPS) is 19.3. The van der Waals surface area contributed by atoms with Gasteiger partial charge in [0.2, 0.25) is 11.8 Å². The van der Waals surface area contributed by atoms with Gasteiger partial charge >= 0.3 is 0 Å². The zero-order valence-corrected chi connectivity index (χ0v) is 14.0. The fraction of sp³-hybridized carbons (Fsp3) is 0.556. The first kappa shape index (κ1) is 16.0. The molecule has 1 saturated heterocycles. The van der Waals surface area contributed by atoms with E-state index in [4.69, 9.17) is 0 Å². The van der Waals surface area contributed by atoms with Crippen LogP contribution in [0.15, 0.2) is 18.2 Å². The smallest absolute Gasteiger partial charge is 0.241 e. The Labute approximate surface area is 137 Å². The second-order valence-corrected chi connectivity index (χ2v) is 6.54. The minimum absolute atomic E-state index is 0.0271. The fourth-order valence-electron chi connectivity index (χ4n) is 3.49. The molecular weight excluding hydrogens is 290 g/mol. The fourth-order valence-corrected chi connectivity index (χ4v) is 3.49. The first-order valence-electron chi connectivity index (χ1n) is 8.47. The molecule has 5 heteroatoms. The summed E-state index contributed by atoms with van der Waals surface area (Å²) in [5.41, 5.74) is 3.67. The molecule has 0 unspecified atom stereocenters. The molecule has 1 aromatic rings. The molecule has 0 radical (unpaired) electrons. The lowest BCUT2D eigenvalue weighted by molar-refractivity contribution is -0.131. The van der Waals surface area contributed by atoms with Gasteiger partial charge in [-0.25, -0.2) is 0 Å². The molecule has 0 spiro atoms. The molecule has 2 amide bonds. The number of piperazine rings is 1. The predicted octanol–water partition coefficient (Wildman–Crippen LogP) is 1.67. The topological polar surface area (TPSA) is 52.7 Å². The molecule has 2 aliphatic rings. The number of anilines is 1. The van der Waals surface area contributed by atoms with Crippen molar-refractivity contribution in [1.82, 2.24) is 9.80 Å². The summed E-state index contributed by atoms with van der Waals surface area (Å²) in [5.74, 6) is 0.138. The third-order valence-corrected chi connectivity index (χ3v) is 5.05. The van der Waals surface area contributed by atoms with E-state index in [2.05, 4.69) is 22.3 Å². The lowest BCUT2D eigenvalue weighted by atomic mass is 10.1. The van der Waals surface area contributed by atoms with Crippen LogP contribution in [0, 0.1) is 0 Å². The first-order valence-corrected chi connectivity index (χ1v) is 8.47. The predicted molar refractivity (Wildman–Crippen MR) is 90.4 cm³/mol. The van der Waals surface area contributed by atoms with Crippen molar-refractivity contribution in [2.24, 2.45) is 0 Å². The van der Waals surface area contributed by atoms with Crippen molar-refractivity contribution in [3.8, 4) is 0 Å². The summed E-state index contributed by atoms with van der Waals surface area (Å²) in [6.07, 6.45) is 3.48. The van der Waals surface area contributed by atoms with Crippen molar-refractivity contribution < 1.29 is 9.59 Å². The van der Waals surface area contributed by atoms with Crippen LogP contribution in [0.3, 0.4) is 0 Å². The summed E-state index contributed by atoms with van der Waals surface area (Å²) in [5, 5.41) is 3.04. The lowest BCUT2D eigenvalue weighted by Gasteiger charge is -2.37. The molecule has 124 valence electrons. The van der Waals surface area contributed by atoms with E-state index in [1.165, 1.54) is 17.5 Å². The van der Waals surface area contributed by atoms with Gasteiger partial charge in [0.1, 0.15) is 0 Å². The molecule has 1 heterocycles. The van der Waals surface area contributed by atoms with E-state index in [9.17, 15) is 9.59 Å². The van der Waals surface area contributed by atoms with E-state index in [1.54, 1.807) is 6.92 Å². The monoisotopic (exact) mass is 315 g/mol. The zero-order valence-electron chi connectivity index (χ0n) is 14.0. The number of aryl methyl sites for hydroxylation is 2. The quantitative estimate of drug-likeness (QED) is 0.923. The van der Waals surface area contributed by atoms with Gasteiger partial charge < -0.3 is 10.2 Å². The van der Waals surface area contributed by atoms with Crippen LogP contribution in [0.1, 0.15) is 31.4 Å². The molecule has 1 aliphatic heterocycles. The van der Waals surface area contributed by atoms with Gasteiger partial charge in [-0.15, -0.1) is 0 Å². The Bertz CT molecular complexity index is 606. The lowest BCUT2D eigenvalue weighted by Crippen LogP contribution is -2.53. The summed E-state index contributed by atoms with van der Waals surface area (Å²) >= 11 is 0. The number of fused-ring (bicyclic) bond motifs is 1. The van der Waals surface area contributed by atoms with Crippen molar-refractivity contribution in [2.75, 3.05) is 31.5 Å². The number of rotatable bonds is 3. The molecule has 0 saturated carbocycles. The van der Waals surface area contributed by atoms with Crippen LogP contribution in [0.5, 0.6) is 0 Å². The molecule has 0 bridgehead atoms. The van der Waals surface area contributed by atoms with Crippen molar-refractivity contribution in [2.45, 2.75) is 39.2 Å². The van der Waals surface area contributed by atoms with Crippen LogP contribution in [0.2, 0.25) is 0 Å². The van der Waals surface area contributed by atoms with Crippen LogP contribution in [0.25, 0.3) is 0 Å². The van der Waals surface area contributed by atoms with Crippen molar-refractivity contribution >= 4 is 17.5 Å². The van der Waals surface area contributed by atoms with E-state index < -0.39 is 0 Å². The number of benzene rings is 1. The van der Waals surface area contributed by atoms with E-state index >= 15 is 0 Å². The van der Waals surface area contributed by atoms with E-state index in [-0.39, 0.29) is 17.9 Å². The molecular formula is C18H25N3O2. The number of hydrogen-bond acceptors (Lipinski definition) is 3. The third kappa shape index (κ3) is 3.55. The maximum Gasteiger partial charge on any atom is 0.241 e. The highest BCUT2D eigenvalue weighted by molar-refractivity contribution is 5.94. The second kappa shape index (κ2) is 6.71. The molecule has 0 aromatic heterocycles. The van der Waals surface area contributed by atoms with Gasteiger partial charge in [0.15, 0.2) is 0 Å². The highest BCUT2D eigenvalue weighted by atomic mass is 16.2. The van der Waals surface area contributed by atoms with Crippen molar-refractivity contribution in [1.29, 1.82) is 0 Å². The van der Waals surface area contributed by atoms with Gasteiger partial charge in [0, 0.05) is 38.8 Å². The average Bonchev–Trinajstić information content (AvgIpc) is 3.01. The Kier molecular flexibility index (Phi) is 4.66. The summed E-state index contributed by atoms with van der Waals surface area (Å²) in [4.78, 5) is 27.8. The minimum atomic E-state index is -0.183. The van der Waals surface area contributed by atoms with Crippen LogP contribution in [0.4, 0.5) is 5.69 Å². The standard InChI is InChI=1S/C18H25N3O2/c1-13(20-8-10-21(11-9-20)14(2)22)18(23)19-17-7-6-15-4-3-5-16(15)12-17/h6-7,12-13H,3-5,8-11H2,1-2H3,(H,19,23)/t13-/m0/s1. The number of nitrogens with one attached hydrogen (secondary N) is 1. The van der Waals surface area contributed by atoms with Crippen LogP contribution < -0.4 is 5.32 Å². The molecule has 1 aliphatic carbocycles. The summed E-state index contributed by atoms with van der Waals surface area (Å²) in [6.45, 7) is 6.43. The number of amides is 2. The Balaban J connectivity index is 1.57. The maximum absolute atomic E-state index is 12.5. The van der Waals surface area contributed by atoms with Crippen LogP contribution in [-0.4, -0.2) is 53.8 Å². The molecule has 3 rings (SSSR count). The second-order valence-electron chi connectivity index (χ2n) is 6.54. The van der Waals surface area contributed by atoms with Gasteiger partial charge in [-0.3, -0.25) is 14.5 Å². The first-order chi connectivity index (χ1) is 11.0. The summed E-state index contributed by atoms with van der Waals surface area (Å²) < 4.78 is 0. The molecule has 5 nitrogen and oxygen atoms in total. The highest BCUT2D eigenvalue weighted by Gasteiger charge is 2.26. The van der Waals surface area contributed by atoms with Crippen LogP contribution in [-0.2, 0) is 22.4 Å². The maximum atomic E-state index is 12.5. The number of hydrogen-bond donors (Lipinski definition) is 1. The Morgan fingerprint density at radius 2 is 1.78 bits per heavy atom. The average molecular weight is 315 g/mol. The van der Waals surface area contributed by atoms with Crippen molar-refractivity contribution in [3.05, 3.63) is 29.3 Å².